The van der Waals surface area contributed by atoms with Crippen molar-refractivity contribution in [3.8, 4) is 0 Å². The fourth-order valence-electron chi connectivity index (χ4n) is 1.78. The molecule has 6 nitrogen and oxygen atoms in total. The van der Waals surface area contributed by atoms with Gasteiger partial charge in [0, 0.05) is 13.2 Å². The summed E-state index contributed by atoms with van der Waals surface area (Å²) in [6.07, 6.45) is 0. The van der Waals surface area contributed by atoms with Gasteiger partial charge in [-0.15, -0.1) is 11.3 Å². The van der Waals surface area contributed by atoms with Gasteiger partial charge >= 0.3 is 5.97 Å². The Morgan fingerprint density at radius 1 is 1.43 bits per heavy atom. The van der Waals surface area contributed by atoms with Gasteiger partial charge in [0.15, 0.2) is 0 Å². The van der Waals surface area contributed by atoms with Gasteiger partial charge in [0.1, 0.15) is 9.77 Å². The van der Waals surface area contributed by atoms with Crippen molar-refractivity contribution in [1.82, 2.24) is 4.72 Å². The molecule has 8 heteroatoms. The summed E-state index contributed by atoms with van der Waals surface area (Å²) in [6.45, 7) is 7.67. The maximum Gasteiger partial charge on any atom is 0.349 e. The van der Waals surface area contributed by atoms with E-state index < -0.39 is 21.6 Å². The molecule has 0 aromatic carbocycles. The van der Waals surface area contributed by atoms with Crippen LogP contribution >= 0.6 is 11.3 Å². The molecule has 0 radical (unpaired) electrons. The molecular formula is C13H21NO5S2. The third-order valence-corrected chi connectivity index (χ3v) is 5.58. The lowest BCUT2D eigenvalue weighted by atomic mass is 10.1. The normalized spacial score (nSPS) is 12.4. The molecule has 0 atom stereocenters. The van der Waals surface area contributed by atoms with Crippen LogP contribution in [0.5, 0.6) is 0 Å². The number of thiophene rings is 1. The molecule has 1 aromatic heterocycles. The van der Waals surface area contributed by atoms with Crippen LogP contribution in [0.15, 0.2) is 10.3 Å². The lowest BCUT2D eigenvalue weighted by Crippen LogP contribution is -2.40. The highest BCUT2D eigenvalue weighted by Gasteiger charge is 2.29. The average Bonchev–Trinajstić information content (AvgIpc) is 2.78. The van der Waals surface area contributed by atoms with E-state index in [0.717, 1.165) is 11.3 Å². The van der Waals surface area contributed by atoms with Gasteiger partial charge in [-0.25, -0.2) is 17.9 Å². The lowest BCUT2D eigenvalue weighted by Gasteiger charge is -2.24. The van der Waals surface area contributed by atoms with Crippen molar-refractivity contribution in [2.75, 3.05) is 20.3 Å². The Labute approximate surface area is 129 Å². The highest BCUT2D eigenvalue weighted by molar-refractivity contribution is 7.89. The van der Waals surface area contributed by atoms with Gasteiger partial charge in [-0.2, -0.15) is 0 Å². The minimum atomic E-state index is -3.81. The minimum Gasteiger partial charge on any atom is -0.465 e. The second-order valence-corrected chi connectivity index (χ2v) is 7.67. The minimum absolute atomic E-state index is 0.0216. The Hall–Kier alpha value is -0.960. The number of hydrogen-bond donors (Lipinski definition) is 1. The number of carbonyl (C=O) groups excluding carboxylic acids is 1. The second kappa shape index (κ2) is 6.87. The van der Waals surface area contributed by atoms with E-state index in [2.05, 4.69) is 9.46 Å². The molecule has 0 fully saturated rings. The summed E-state index contributed by atoms with van der Waals surface area (Å²) in [5, 5.41) is 1.62. The van der Waals surface area contributed by atoms with Crippen molar-refractivity contribution in [2.24, 2.45) is 0 Å². The van der Waals surface area contributed by atoms with E-state index in [-0.39, 0.29) is 16.3 Å². The molecule has 1 heterocycles. The van der Waals surface area contributed by atoms with Gasteiger partial charge in [-0.05, 0) is 38.6 Å². The van der Waals surface area contributed by atoms with Crippen molar-refractivity contribution in [3.05, 3.63) is 15.8 Å². The first-order valence-electron chi connectivity index (χ1n) is 6.44. The first kappa shape index (κ1) is 18.1. The van der Waals surface area contributed by atoms with Gasteiger partial charge in [0.25, 0.3) is 0 Å². The van der Waals surface area contributed by atoms with Crippen LogP contribution < -0.4 is 4.72 Å². The quantitative estimate of drug-likeness (QED) is 0.770. The van der Waals surface area contributed by atoms with Crippen LogP contribution in [-0.4, -0.2) is 40.2 Å². The molecule has 0 aliphatic heterocycles. The van der Waals surface area contributed by atoms with Crippen LogP contribution in [0, 0.1) is 6.92 Å². The Morgan fingerprint density at radius 3 is 2.57 bits per heavy atom. The monoisotopic (exact) mass is 335 g/mol. The first-order valence-corrected chi connectivity index (χ1v) is 8.81. The molecule has 1 N–H and O–H groups in total. The Balaban J connectivity index is 3.04. The van der Waals surface area contributed by atoms with Crippen LogP contribution in [-0.2, 0) is 19.5 Å². The molecule has 0 bridgehead atoms. The van der Waals surface area contributed by atoms with E-state index in [1.165, 1.54) is 7.11 Å². The Morgan fingerprint density at radius 2 is 2.05 bits per heavy atom. The summed E-state index contributed by atoms with van der Waals surface area (Å²) in [6, 6.07) is 0. The van der Waals surface area contributed by atoms with Gasteiger partial charge in [-0.1, -0.05) is 0 Å². The largest absolute Gasteiger partial charge is 0.465 e. The van der Waals surface area contributed by atoms with E-state index in [9.17, 15) is 13.2 Å². The summed E-state index contributed by atoms with van der Waals surface area (Å²) in [5.74, 6) is -0.655. The molecule has 0 aliphatic rings. The summed E-state index contributed by atoms with van der Waals surface area (Å²) < 4.78 is 37.4. The molecule has 1 aromatic rings. The van der Waals surface area contributed by atoms with Gasteiger partial charge in [0.05, 0.1) is 12.7 Å². The third kappa shape index (κ3) is 4.50. The molecule has 0 unspecified atom stereocenters. The lowest BCUT2D eigenvalue weighted by molar-refractivity contribution is -0.00515. The van der Waals surface area contributed by atoms with E-state index >= 15 is 0 Å². The summed E-state index contributed by atoms with van der Waals surface area (Å²) in [5.41, 5.74) is -0.112. The maximum atomic E-state index is 12.4. The number of nitrogens with one attached hydrogen (secondary N) is 1. The van der Waals surface area contributed by atoms with Gasteiger partial charge in [0.2, 0.25) is 10.0 Å². The van der Waals surface area contributed by atoms with Gasteiger partial charge in [-0.3, -0.25) is 0 Å². The first-order chi connectivity index (χ1) is 9.64. The average molecular weight is 335 g/mol. The second-order valence-electron chi connectivity index (χ2n) is 5.09. The number of sulfonamides is 1. The summed E-state index contributed by atoms with van der Waals surface area (Å²) >= 11 is 1.05. The number of carbonyl (C=O) groups is 1. The van der Waals surface area contributed by atoms with Gasteiger partial charge < -0.3 is 9.47 Å². The number of esters is 1. The zero-order valence-corrected chi connectivity index (χ0v) is 14.5. The van der Waals surface area contributed by atoms with Crippen LogP contribution in [0.3, 0.4) is 0 Å². The molecule has 1 rings (SSSR count). The van der Waals surface area contributed by atoms with Crippen LogP contribution in [0.4, 0.5) is 0 Å². The Kier molecular flexibility index (Phi) is 5.92. The number of hydrogen-bond acceptors (Lipinski definition) is 6. The molecule has 120 valence electrons. The maximum absolute atomic E-state index is 12.4. The molecule has 0 saturated carbocycles. The topological polar surface area (TPSA) is 81.7 Å². The highest BCUT2D eigenvalue weighted by Crippen LogP contribution is 2.27. The van der Waals surface area contributed by atoms with E-state index in [1.807, 2.05) is 6.92 Å². The van der Waals surface area contributed by atoms with Crippen molar-refractivity contribution in [2.45, 2.75) is 38.2 Å². The van der Waals surface area contributed by atoms with Crippen LogP contribution in [0.25, 0.3) is 0 Å². The number of ether oxygens (including phenoxy) is 2. The van der Waals surface area contributed by atoms with Crippen molar-refractivity contribution in [3.63, 3.8) is 0 Å². The van der Waals surface area contributed by atoms with Crippen molar-refractivity contribution < 1.29 is 22.7 Å². The molecular weight excluding hydrogens is 314 g/mol. The molecule has 0 spiro atoms. The SMILES string of the molecule is CCOC(C)(C)CNS(=O)(=O)c1c(C)csc1C(=O)OC. The van der Waals surface area contributed by atoms with Crippen LogP contribution in [0.2, 0.25) is 0 Å². The molecule has 0 amide bonds. The highest BCUT2D eigenvalue weighted by atomic mass is 32.2. The van der Waals surface area contributed by atoms with E-state index in [1.54, 1.807) is 26.2 Å². The van der Waals surface area contributed by atoms with Crippen molar-refractivity contribution in [1.29, 1.82) is 0 Å². The van der Waals surface area contributed by atoms with Crippen LogP contribution in [0.1, 0.15) is 36.0 Å². The molecule has 0 aliphatic carbocycles. The molecule has 21 heavy (non-hydrogen) atoms. The standard InChI is InChI=1S/C13H21NO5S2/c1-6-19-13(3,4)8-14-21(16,17)11-9(2)7-20-10(11)12(15)18-5/h7,14H,6,8H2,1-5H3. The summed E-state index contributed by atoms with van der Waals surface area (Å²) in [4.78, 5) is 11.7. The third-order valence-electron chi connectivity index (χ3n) is 2.78. The zero-order chi connectivity index (χ0) is 16.3. The fraction of sp³-hybridized carbons (Fsp3) is 0.615. The number of methoxy groups -OCH3 is 1. The predicted molar refractivity (Wildman–Crippen MR) is 81.3 cm³/mol. The Bertz CT molecular complexity index is 604. The number of rotatable bonds is 7. The van der Waals surface area contributed by atoms with E-state index in [0.29, 0.717) is 12.2 Å². The van der Waals surface area contributed by atoms with E-state index in [4.69, 9.17) is 4.74 Å². The molecule has 0 saturated heterocycles. The smallest absolute Gasteiger partial charge is 0.349 e. The van der Waals surface area contributed by atoms with Crippen molar-refractivity contribution >= 4 is 27.3 Å². The predicted octanol–water partition coefficient (Wildman–Crippen LogP) is 1.94. The number of aryl methyl sites for hydroxylation is 1. The zero-order valence-electron chi connectivity index (χ0n) is 12.8. The fourth-order valence-corrected chi connectivity index (χ4v) is 4.68. The summed E-state index contributed by atoms with van der Waals surface area (Å²) in [7, 11) is -2.58.